The van der Waals surface area contributed by atoms with Gasteiger partial charge in [-0.1, -0.05) is 6.07 Å². The lowest BCUT2D eigenvalue weighted by molar-refractivity contribution is 0.0821. The molecule has 1 N–H and O–H groups in total. The summed E-state index contributed by atoms with van der Waals surface area (Å²) in [6.07, 6.45) is 6.02. The molecule has 1 saturated carbocycles. The summed E-state index contributed by atoms with van der Waals surface area (Å²) in [5, 5.41) is 7.81. The highest BCUT2D eigenvalue weighted by Crippen LogP contribution is 2.20. The van der Waals surface area contributed by atoms with E-state index in [4.69, 9.17) is 0 Å². The second-order valence-corrected chi connectivity index (χ2v) is 5.49. The number of rotatable bonds is 5. The summed E-state index contributed by atoms with van der Waals surface area (Å²) >= 11 is 0. The van der Waals surface area contributed by atoms with Crippen LogP contribution in [-0.2, 0) is 6.54 Å². The molecular formula is C15H19N5O. The zero-order valence-electron chi connectivity index (χ0n) is 12.3. The van der Waals surface area contributed by atoms with Gasteiger partial charge in [-0.2, -0.15) is 5.10 Å². The van der Waals surface area contributed by atoms with Crippen LogP contribution in [0.15, 0.2) is 30.6 Å². The summed E-state index contributed by atoms with van der Waals surface area (Å²) < 4.78 is 1.67. The first-order valence-corrected chi connectivity index (χ1v) is 7.10. The Bertz CT molecular complexity index is 645. The number of hydrogen-bond acceptors (Lipinski definition) is 4. The van der Waals surface area contributed by atoms with Crippen molar-refractivity contribution in [2.45, 2.75) is 25.4 Å². The first kappa shape index (κ1) is 13.8. The normalized spacial score (nSPS) is 14.2. The minimum absolute atomic E-state index is 0.109. The topological polar surface area (TPSA) is 63.1 Å². The lowest BCUT2D eigenvalue weighted by Crippen LogP contribution is -2.22. The minimum atomic E-state index is -0.109. The van der Waals surface area contributed by atoms with Crippen molar-refractivity contribution in [3.63, 3.8) is 0 Å². The molecule has 2 aromatic heterocycles. The van der Waals surface area contributed by atoms with E-state index >= 15 is 0 Å². The Morgan fingerprint density at radius 1 is 1.43 bits per heavy atom. The van der Waals surface area contributed by atoms with Gasteiger partial charge in [0.15, 0.2) is 11.5 Å². The second-order valence-electron chi connectivity index (χ2n) is 5.49. The van der Waals surface area contributed by atoms with E-state index in [0.717, 1.165) is 17.9 Å². The van der Waals surface area contributed by atoms with Gasteiger partial charge in [0.05, 0.1) is 0 Å². The van der Waals surface area contributed by atoms with E-state index in [2.05, 4.69) is 15.4 Å². The lowest BCUT2D eigenvalue weighted by Gasteiger charge is -2.09. The molecule has 0 atom stereocenters. The SMILES string of the molecule is CN(C)C(=O)c1ccn(-c2ncccc2CNC2CC2)n1. The second kappa shape index (κ2) is 5.65. The van der Waals surface area contributed by atoms with Crippen LogP contribution in [0.3, 0.4) is 0 Å². The number of carbonyl (C=O) groups is 1. The molecule has 0 unspecified atom stereocenters. The molecule has 0 radical (unpaired) electrons. The number of aromatic nitrogens is 3. The molecule has 0 spiro atoms. The van der Waals surface area contributed by atoms with Crippen molar-refractivity contribution in [3.05, 3.63) is 41.9 Å². The molecule has 21 heavy (non-hydrogen) atoms. The highest BCUT2D eigenvalue weighted by molar-refractivity contribution is 5.91. The average Bonchev–Trinajstić information content (AvgIpc) is 3.19. The Morgan fingerprint density at radius 3 is 2.95 bits per heavy atom. The van der Waals surface area contributed by atoms with Crippen molar-refractivity contribution >= 4 is 5.91 Å². The summed E-state index contributed by atoms with van der Waals surface area (Å²) in [5.41, 5.74) is 1.50. The van der Waals surface area contributed by atoms with Gasteiger partial charge in [-0.25, -0.2) is 9.67 Å². The monoisotopic (exact) mass is 285 g/mol. The Morgan fingerprint density at radius 2 is 2.24 bits per heavy atom. The fourth-order valence-electron chi connectivity index (χ4n) is 2.10. The third kappa shape index (κ3) is 3.11. The molecular weight excluding hydrogens is 266 g/mol. The Labute approximate surface area is 123 Å². The number of nitrogens with one attached hydrogen (secondary N) is 1. The van der Waals surface area contributed by atoms with Gasteiger partial charge in [-0.05, 0) is 25.0 Å². The third-order valence-corrected chi connectivity index (χ3v) is 3.46. The fourth-order valence-corrected chi connectivity index (χ4v) is 2.10. The van der Waals surface area contributed by atoms with Crippen molar-refractivity contribution in [2.75, 3.05) is 14.1 Å². The first-order chi connectivity index (χ1) is 10.1. The van der Waals surface area contributed by atoms with E-state index in [-0.39, 0.29) is 5.91 Å². The first-order valence-electron chi connectivity index (χ1n) is 7.10. The van der Waals surface area contributed by atoms with Crippen LogP contribution in [0, 0.1) is 0 Å². The predicted molar refractivity (Wildman–Crippen MR) is 79.2 cm³/mol. The molecule has 1 aliphatic rings. The quantitative estimate of drug-likeness (QED) is 0.897. The van der Waals surface area contributed by atoms with Crippen LogP contribution in [0.2, 0.25) is 0 Å². The maximum atomic E-state index is 11.9. The van der Waals surface area contributed by atoms with Gasteiger partial charge >= 0.3 is 0 Å². The summed E-state index contributed by atoms with van der Waals surface area (Å²) in [5.74, 6) is 0.658. The molecule has 6 nitrogen and oxygen atoms in total. The number of nitrogens with zero attached hydrogens (tertiary/aromatic N) is 4. The van der Waals surface area contributed by atoms with Crippen molar-refractivity contribution in [2.24, 2.45) is 0 Å². The van der Waals surface area contributed by atoms with Crippen LogP contribution in [0.1, 0.15) is 28.9 Å². The Balaban J connectivity index is 1.84. The zero-order valence-corrected chi connectivity index (χ0v) is 12.3. The molecule has 1 amide bonds. The van der Waals surface area contributed by atoms with Crippen LogP contribution in [0.25, 0.3) is 5.82 Å². The molecule has 1 aliphatic carbocycles. The smallest absolute Gasteiger partial charge is 0.273 e. The summed E-state index contributed by atoms with van der Waals surface area (Å²) in [7, 11) is 3.43. The van der Waals surface area contributed by atoms with Crippen molar-refractivity contribution in [1.29, 1.82) is 0 Å². The maximum absolute atomic E-state index is 11.9. The molecule has 0 aromatic carbocycles. The van der Waals surface area contributed by atoms with E-state index in [0.29, 0.717) is 11.7 Å². The molecule has 3 rings (SSSR count). The molecule has 0 bridgehead atoms. The maximum Gasteiger partial charge on any atom is 0.273 e. The Hall–Kier alpha value is -2.21. The summed E-state index contributed by atoms with van der Waals surface area (Å²) in [6, 6.07) is 6.31. The van der Waals surface area contributed by atoms with Crippen molar-refractivity contribution in [3.8, 4) is 5.82 Å². The highest BCUT2D eigenvalue weighted by atomic mass is 16.2. The van der Waals surface area contributed by atoms with Gasteiger partial charge < -0.3 is 10.2 Å². The van der Waals surface area contributed by atoms with Gasteiger partial charge in [0.2, 0.25) is 0 Å². The summed E-state index contributed by atoms with van der Waals surface area (Å²) in [4.78, 5) is 17.8. The average molecular weight is 285 g/mol. The lowest BCUT2D eigenvalue weighted by atomic mass is 10.2. The van der Waals surface area contributed by atoms with Crippen LogP contribution < -0.4 is 5.32 Å². The van der Waals surface area contributed by atoms with Gasteiger partial charge in [-0.3, -0.25) is 4.79 Å². The highest BCUT2D eigenvalue weighted by Gasteiger charge is 2.21. The molecule has 110 valence electrons. The van der Waals surface area contributed by atoms with Crippen molar-refractivity contribution in [1.82, 2.24) is 25.0 Å². The van der Waals surface area contributed by atoms with E-state index < -0.39 is 0 Å². The zero-order chi connectivity index (χ0) is 14.8. The largest absolute Gasteiger partial charge is 0.343 e. The van der Waals surface area contributed by atoms with Crippen LogP contribution in [-0.4, -0.2) is 45.7 Å². The van der Waals surface area contributed by atoms with Crippen LogP contribution >= 0.6 is 0 Å². The predicted octanol–water partition coefficient (Wildman–Crippen LogP) is 1.22. The van der Waals surface area contributed by atoms with Gasteiger partial charge in [0, 0.05) is 44.6 Å². The standard InChI is InChI=1S/C15H19N5O/c1-19(2)15(21)13-7-9-20(18-13)14-11(4-3-8-16-14)10-17-12-5-6-12/h3-4,7-9,12,17H,5-6,10H2,1-2H3. The van der Waals surface area contributed by atoms with E-state index in [9.17, 15) is 4.79 Å². The molecule has 0 saturated heterocycles. The molecule has 2 aromatic rings. The number of amides is 1. The fraction of sp³-hybridized carbons (Fsp3) is 0.400. The van der Waals surface area contributed by atoms with E-state index in [1.54, 1.807) is 37.2 Å². The van der Waals surface area contributed by atoms with Crippen LogP contribution in [0.4, 0.5) is 0 Å². The van der Waals surface area contributed by atoms with Gasteiger partial charge in [0.1, 0.15) is 0 Å². The van der Waals surface area contributed by atoms with E-state index in [1.807, 2.05) is 12.1 Å². The van der Waals surface area contributed by atoms with E-state index in [1.165, 1.54) is 17.7 Å². The van der Waals surface area contributed by atoms with Crippen LogP contribution in [0.5, 0.6) is 0 Å². The third-order valence-electron chi connectivity index (χ3n) is 3.46. The molecule has 0 aliphatic heterocycles. The number of carbonyl (C=O) groups excluding carboxylic acids is 1. The van der Waals surface area contributed by atoms with Gasteiger partial charge in [0.25, 0.3) is 5.91 Å². The van der Waals surface area contributed by atoms with Gasteiger partial charge in [-0.15, -0.1) is 0 Å². The molecule has 2 heterocycles. The Kier molecular flexibility index (Phi) is 3.70. The molecule has 6 heteroatoms. The number of hydrogen-bond donors (Lipinski definition) is 1. The minimum Gasteiger partial charge on any atom is -0.343 e. The number of pyridine rings is 1. The summed E-state index contributed by atoms with van der Waals surface area (Å²) in [6.45, 7) is 0.769. The van der Waals surface area contributed by atoms with Crippen molar-refractivity contribution < 1.29 is 4.79 Å². The molecule has 1 fully saturated rings.